The van der Waals surface area contributed by atoms with Gasteiger partial charge in [0.15, 0.2) is 11.5 Å². The van der Waals surface area contributed by atoms with Crippen molar-refractivity contribution in [2.75, 3.05) is 14.2 Å². The molecule has 0 unspecified atom stereocenters. The van der Waals surface area contributed by atoms with E-state index in [1.54, 1.807) is 48.5 Å². The molecule has 0 saturated heterocycles. The highest BCUT2D eigenvalue weighted by atomic mass is 79.9. The minimum Gasteiger partial charge on any atom is -0.493 e. The summed E-state index contributed by atoms with van der Waals surface area (Å²) in [6.07, 6.45) is 1.40. The number of carbonyl (C=O) groups is 2. The standard InChI is InChI=1S/C23H18Br2N2O5/c1-30-20-9-7-14(12-21(20)31-2)23(29)32-19-10-8-16(24)11-15(19)13-26-27-22(28)17-5-3-4-6-18(17)25/h3-13H,1-2H3,(H,27,28). The van der Waals surface area contributed by atoms with Gasteiger partial charge < -0.3 is 14.2 Å². The fraction of sp³-hybridized carbons (Fsp3) is 0.0870. The smallest absolute Gasteiger partial charge is 0.343 e. The van der Waals surface area contributed by atoms with Crippen molar-refractivity contribution in [2.45, 2.75) is 0 Å². The molecule has 0 atom stereocenters. The summed E-state index contributed by atoms with van der Waals surface area (Å²) in [5.41, 5.74) is 3.68. The lowest BCUT2D eigenvalue weighted by Gasteiger charge is -2.11. The number of nitrogens with zero attached hydrogens (tertiary/aromatic N) is 1. The summed E-state index contributed by atoms with van der Waals surface area (Å²) in [7, 11) is 3.00. The molecule has 0 aliphatic carbocycles. The maximum atomic E-state index is 12.7. The Balaban J connectivity index is 1.78. The Hall–Kier alpha value is -3.17. The Morgan fingerprint density at radius 3 is 2.34 bits per heavy atom. The molecule has 3 aromatic carbocycles. The van der Waals surface area contributed by atoms with E-state index < -0.39 is 5.97 Å². The van der Waals surface area contributed by atoms with Crippen LogP contribution in [0.25, 0.3) is 0 Å². The molecule has 0 aromatic heterocycles. The predicted molar refractivity (Wildman–Crippen MR) is 128 cm³/mol. The average Bonchev–Trinajstić information content (AvgIpc) is 2.80. The number of nitrogens with one attached hydrogen (secondary N) is 1. The first-order chi connectivity index (χ1) is 15.4. The summed E-state index contributed by atoms with van der Waals surface area (Å²) < 4.78 is 17.4. The van der Waals surface area contributed by atoms with Crippen LogP contribution in [0.15, 0.2) is 74.7 Å². The summed E-state index contributed by atoms with van der Waals surface area (Å²) in [4.78, 5) is 25.0. The number of carbonyl (C=O) groups excluding carboxylic acids is 2. The van der Waals surface area contributed by atoms with Gasteiger partial charge in [-0.15, -0.1) is 0 Å². The molecule has 0 radical (unpaired) electrons. The van der Waals surface area contributed by atoms with Gasteiger partial charge in [0.05, 0.1) is 31.6 Å². The monoisotopic (exact) mass is 560 g/mol. The number of halogens is 2. The summed E-state index contributed by atoms with van der Waals surface area (Å²) in [5, 5.41) is 4.00. The van der Waals surface area contributed by atoms with E-state index in [0.717, 1.165) is 4.47 Å². The Kier molecular flexibility index (Phi) is 8.02. The maximum absolute atomic E-state index is 12.7. The molecule has 32 heavy (non-hydrogen) atoms. The highest BCUT2D eigenvalue weighted by Crippen LogP contribution is 2.29. The summed E-state index contributed by atoms with van der Waals surface area (Å²) in [6.45, 7) is 0. The van der Waals surface area contributed by atoms with E-state index in [2.05, 4.69) is 42.4 Å². The van der Waals surface area contributed by atoms with Crippen molar-refractivity contribution >= 4 is 50.0 Å². The maximum Gasteiger partial charge on any atom is 0.343 e. The molecule has 1 N–H and O–H groups in total. The van der Waals surface area contributed by atoms with E-state index >= 15 is 0 Å². The highest BCUT2D eigenvalue weighted by Gasteiger charge is 2.15. The minimum absolute atomic E-state index is 0.270. The van der Waals surface area contributed by atoms with Gasteiger partial charge in [0, 0.05) is 14.5 Å². The molecule has 0 aliphatic rings. The number of hydrogen-bond donors (Lipinski definition) is 1. The van der Waals surface area contributed by atoms with E-state index in [9.17, 15) is 9.59 Å². The zero-order valence-electron chi connectivity index (χ0n) is 17.1. The number of hydrogen-bond acceptors (Lipinski definition) is 6. The van der Waals surface area contributed by atoms with E-state index in [1.807, 2.05) is 6.07 Å². The zero-order valence-corrected chi connectivity index (χ0v) is 20.3. The molecule has 0 spiro atoms. The second kappa shape index (κ2) is 10.9. The highest BCUT2D eigenvalue weighted by molar-refractivity contribution is 9.10. The van der Waals surface area contributed by atoms with Crippen LogP contribution in [0.1, 0.15) is 26.3 Å². The van der Waals surface area contributed by atoms with Crippen molar-refractivity contribution in [2.24, 2.45) is 5.10 Å². The van der Waals surface area contributed by atoms with Gasteiger partial charge in [-0.25, -0.2) is 10.2 Å². The number of methoxy groups -OCH3 is 2. The van der Waals surface area contributed by atoms with Gasteiger partial charge in [0.2, 0.25) is 0 Å². The summed E-state index contributed by atoms with van der Waals surface area (Å²) in [6, 6.07) is 16.8. The topological polar surface area (TPSA) is 86.2 Å². The number of esters is 1. The minimum atomic E-state index is -0.583. The largest absolute Gasteiger partial charge is 0.493 e. The number of amides is 1. The lowest BCUT2D eigenvalue weighted by Crippen LogP contribution is -2.18. The molecule has 7 nitrogen and oxygen atoms in total. The normalized spacial score (nSPS) is 10.6. The van der Waals surface area contributed by atoms with Crippen molar-refractivity contribution < 1.29 is 23.8 Å². The van der Waals surface area contributed by atoms with Crippen LogP contribution in [0.2, 0.25) is 0 Å². The third-order valence-corrected chi connectivity index (χ3v) is 5.47. The fourth-order valence-corrected chi connectivity index (χ4v) is 3.54. The molecule has 0 bridgehead atoms. The van der Waals surface area contributed by atoms with Gasteiger partial charge in [-0.2, -0.15) is 5.10 Å². The van der Waals surface area contributed by atoms with Gasteiger partial charge in [-0.1, -0.05) is 28.1 Å². The number of ether oxygens (including phenoxy) is 3. The lowest BCUT2D eigenvalue weighted by atomic mass is 10.2. The molecular formula is C23H18Br2N2O5. The Bertz CT molecular complexity index is 1180. The van der Waals surface area contributed by atoms with Gasteiger partial charge in [-0.05, 0) is 64.5 Å². The molecule has 164 valence electrons. The molecule has 9 heteroatoms. The van der Waals surface area contributed by atoms with Crippen molar-refractivity contribution in [1.82, 2.24) is 5.43 Å². The van der Waals surface area contributed by atoms with E-state index in [4.69, 9.17) is 14.2 Å². The number of hydrazone groups is 1. The molecule has 0 heterocycles. The van der Waals surface area contributed by atoms with Crippen LogP contribution in [-0.4, -0.2) is 32.3 Å². The Morgan fingerprint density at radius 2 is 1.62 bits per heavy atom. The molecule has 0 fully saturated rings. The van der Waals surface area contributed by atoms with Crippen LogP contribution in [0.3, 0.4) is 0 Å². The second-order valence-electron chi connectivity index (χ2n) is 6.32. The third-order valence-electron chi connectivity index (χ3n) is 4.28. The molecule has 0 saturated carbocycles. The van der Waals surface area contributed by atoms with Gasteiger partial charge in [-0.3, -0.25) is 4.79 Å². The zero-order chi connectivity index (χ0) is 23.1. The molecule has 0 aliphatic heterocycles. The number of benzene rings is 3. The quantitative estimate of drug-likeness (QED) is 0.185. The van der Waals surface area contributed by atoms with Crippen molar-refractivity contribution in [3.8, 4) is 17.2 Å². The lowest BCUT2D eigenvalue weighted by molar-refractivity contribution is 0.0733. The fourth-order valence-electron chi connectivity index (χ4n) is 2.70. The van der Waals surface area contributed by atoms with E-state index in [-0.39, 0.29) is 17.2 Å². The first-order valence-electron chi connectivity index (χ1n) is 9.24. The van der Waals surface area contributed by atoms with Gasteiger partial charge in [0.1, 0.15) is 5.75 Å². The molecule has 1 amide bonds. The molecule has 3 aromatic rings. The summed E-state index contributed by atoms with van der Waals surface area (Å²) in [5.74, 6) is 0.218. The van der Waals surface area contributed by atoms with E-state index in [0.29, 0.717) is 27.1 Å². The van der Waals surface area contributed by atoms with Gasteiger partial charge in [0.25, 0.3) is 5.91 Å². The number of rotatable bonds is 7. The average molecular weight is 562 g/mol. The van der Waals surface area contributed by atoms with E-state index in [1.165, 1.54) is 26.5 Å². The van der Waals surface area contributed by atoms with Crippen LogP contribution >= 0.6 is 31.9 Å². The Morgan fingerprint density at radius 1 is 0.906 bits per heavy atom. The first-order valence-corrected chi connectivity index (χ1v) is 10.8. The van der Waals surface area contributed by atoms with Crippen LogP contribution in [0.4, 0.5) is 0 Å². The second-order valence-corrected chi connectivity index (χ2v) is 8.09. The summed E-state index contributed by atoms with van der Waals surface area (Å²) >= 11 is 6.71. The van der Waals surface area contributed by atoms with Crippen molar-refractivity contribution in [1.29, 1.82) is 0 Å². The van der Waals surface area contributed by atoms with Crippen LogP contribution in [0, 0.1) is 0 Å². The van der Waals surface area contributed by atoms with Crippen molar-refractivity contribution in [3.63, 3.8) is 0 Å². The molecule has 3 rings (SSSR count). The first kappa shape index (κ1) is 23.5. The Labute approximate surface area is 201 Å². The van der Waals surface area contributed by atoms with Crippen LogP contribution in [0.5, 0.6) is 17.2 Å². The molecular weight excluding hydrogens is 544 g/mol. The predicted octanol–water partition coefficient (Wildman–Crippen LogP) is 5.21. The van der Waals surface area contributed by atoms with Crippen molar-refractivity contribution in [3.05, 3.63) is 86.3 Å². The van der Waals surface area contributed by atoms with Crippen LogP contribution < -0.4 is 19.6 Å². The third kappa shape index (κ3) is 5.74. The SMILES string of the molecule is COc1ccc(C(=O)Oc2ccc(Br)cc2C=NNC(=O)c2ccccc2Br)cc1OC. The van der Waals surface area contributed by atoms with Gasteiger partial charge >= 0.3 is 5.97 Å². The van der Waals surface area contributed by atoms with Crippen LogP contribution in [-0.2, 0) is 0 Å².